The molecule has 2 N–H and O–H groups in total. The molecule has 0 aromatic rings. The summed E-state index contributed by atoms with van der Waals surface area (Å²) in [6.07, 6.45) is 3.19. The van der Waals surface area contributed by atoms with Crippen LogP contribution in [-0.4, -0.2) is 25.0 Å². The maximum atomic E-state index is 5.53. The number of allylic oxidation sites excluding steroid dienone is 1. The quantitative estimate of drug-likeness (QED) is 0.578. The van der Waals surface area contributed by atoms with E-state index in [0.29, 0.717) is 0 Å². The Bertz CT molecular complexity index is 170. The molecule has 10 heavy (non-hydrogen) atoms. The van der Waals surface area contributed by atoms with Crippen LogP contribution >= 0.6 is 0 Å². The lowest BCUT2D eigenvalue weighted by atomic mass is 10.1. The molecule has 0 bridgehead atoms. The van der Waals surface area contributed by atoms with Gasteiger partial charge in [-0.15, -0.1) is 0 Å². The molecular weight excluding hydrogens is 124 g/mol. The molecule has 1 aliphatic heterocycles. The van der Waals surface area contributed by atoms with Crippen LogP contribution in [-0.2, 0) is 0 Å². The van der Waals surface area contributed by atoms with Crippen molar-refractivity contribution in [3.05, 3.63) is 23.9 Å². The first-order valence-corrected chi connectivity index (χ1v) is 3.52. The maximum Gasteiger partial charge on any atom is 0.0271 e. The molecule has 1 heterocycles. The summed E-state index contributed by atoms with van der Waals surface area (Å²) in [6, 6.07) is 0. The Kier molecular flexibility index (Phi) is 2.12. The summed E-state index contributed by atoms with van der Waals surface area (Å²) < 4.78 is 0. The van der Waals surface area contributed by atoms with Crippen molar-refractivity contribution in [3.63, 3.8) is 0 Å². The molecule has 0 fully saturated rings. The highest BCUT2D eigenvalue weighted by atomic mass is 15.1. The Balaban J connectivity index is 2.56. The van der Waals surface area contributed by atoms with Crippen LogP contribution in [0.4, 0.5) is 0 Å². The van der Waals surface area contributed by atoms with Crippen molar-refractivity contribution in [2.24, 2.45) is 5.73 Å². The highest BCUT2D eigenvalue weighted by molar-refractivity contribution is 5.27. The highest BCUT2D eigenvalue weighted by Crippen LogP contribution is 2.12. The third-order valence-electron chi connectivity index (χ3n) is 1.82. The number of hydrogen-bond acceptors (Lipinski definition) is 2. The zero-order valence-electron chi connectivity index (χ0n) is 6.43. The van der Waals surface area contributed by atoms with Gasteiger partial charge in [-0.2, -0.15) is 0 Å². The SMILES string of the molecule is C=C(N)C1=CCN(C)CC1. The lowest BCUT2D eigenvalue weighted by molar-refractivity contribution is 0.360. The summed E-state index contributed by atoms with van der Waals surface area (Å²) in [7, 11) is 2.10. The van der Waals surface area contributed by atoms with E-state index in [2.05, 4.69) is 24.6 Å². The lowest BCUT2D eigenvalue weighted by Crippen LogP contribution is -2.25. The fourth-order valence-electron chi connectivity index (χ4n) is 1.06. The highest BCUT2D eigenvalue weighted by Gasteiger charge is 2.07. The zero-order chi connectivity index (χ0) is 7.56. The predicted molar refractivity (Wildman–Crippen MR) is 43.5 cm³/mol. The number of rotatable bonds is 1. The smallest absolute Gasteiger partial charge is 0.0271 e. The van der Waals surface area contributed by atoms with Gasteiger partial charge in [-0.1, -0.05) is 12.7 Å². The monoisotopic (exact) mass is 138 g/mol. The molecule has 0 saturated heterocycles. The Hall–Kier alpha value is -0.760. The van der Waals surface area contributed by atoms with E-state index in [9.17, 15) is 0 Å². The second-order valence-corrected chi connectivity index (χ2v) is 2.77. The van der Waals surface area contributed by atoms with Crippen molar-refractivity contribution in [1.29, 1.82) is 0 Å². The van der Waals surface area contributed by atoms with Gasteiger partial charge in [-0.05, 0) is 19.0 Å². The average Bonchev–Trinajstić information content (AvgIpc) is 1.88. The minimum Gasteiger partial charge on any atom is -0.399 e. The van der Waals surface area contributed by atoms with Gasteiger partial charge in [-0.25, -0.2) is 0 Å². The van der Waals surface area contributed by atoms with Crippen molar-refractivity contribution < 1.29 is 0 Å². The van der Waals surface area contributed by atoms with E-state index < -0.39 is 0 Å². The Labute approximate surface area is 62.0 Å². The van der Waals surface area contributed by atoms with Crippen molar-refractivity contribution in [3.8, 4) is 0 Å². The molecule has 56 valence electrons. The Morgan fingerprint density at radius 2 is 2.50 bits per heavy atom. The molecule has 0 aromatic heterocycles. The molecule has 0 amide bonds. The standard InChI is InChI=1S/C8H14N2/c1-7(9)8-3-5-10(2)6-4-8/h3H,1,4-6,9H2,2H3. The van der Waals surface area contributed by atoms with Gasteiger partial charge in [0.25, 0.3) is 0 Å². The van der Waals surface area contributed by atoms with Gasteiger partial charge in [0.15, 0.2) is 0 Å². The number of nitrogens with zero attached hydrogens (tertiary/aromatic N) is 1. The third-order valence-corrected chi connectivity index (χ3v) is 1.82. The summed E-state index contributed by atoms with van der Waals surface area (Å²) in [5.41, 5.74) is 7.48. The molecule has 0 unspecified atom stereocenters. The van der Waals surface area contributed by atoms with Gasteiger partial charge >= 0.3 is 0 Å². The first-order valence-electron chi connectivity index (χ1n) is 3.52. The van der Waals surface area contributed by atoms with Crippen LogP contribution in [0.25, 0.3) is 0 Å². The number of hydrogen-bond donors (Lipinski definition) is 1. The third kappa shape index (κ3) is 1.61. The van der Waals surface area contributed by atoms with E-state index in [1.165, 1.54) is 5.57 Å². The number of nitrogens with two attached hydrogens (primary N) is 1. The average molecular weight is 138 g/mol. The molecule has 0 aromatic carbocycles. The van der Waals surface area contributed by atoms with Gasteiger partial charge < -0.3 is 10.6 Å². The topological polar surface area (TPSA) is 29.3 Å². The van der Waals surface area contributed by atoms with Crippen molar-refractivity contribution in [2.45, 2.75) is 6.42 Å². The normalized spacial score (nSPS) is 20.3. The fraction of sp³-hybridized carbons (Fsp3) is 0.500. The molecular formula is C8H14N2. The van der Waals surface area contributed by atoms with E-state index in [0.717, 1.165) is 25.2 Å². The predicted octanol–water partition coefficient (Wildman–Crippen LogP) is 0.721. The summed E-state index contributed by atoms with van der Waals surface area (Å²) in [5.74, 6) is 0. The summed E-state index contributed by atoms with van der Waals surface area (Å²) >= 11 is 0. The number of likely N-dealkylation sites (N-methyl/N-ethyl adjacent to an activating group) is 1. The van der Waals surface area contributed by atoms with Crippen LogP contribution in [0.15, 0.2) is 23.9 Å². The van der Waals surface area contributed by atoms with Crippen LogP contribution in [0.5, 0.6) is 0 Å². The largest absolute Gasteiger partial charge is 0.399 e. The van der Waals surface area contributed by atoms with Gasteiger partial charge in [-0.3, -0.25) is 0 Å². The second kappa shape index (κ2) is 2.88. The van der Waals surface area contributed by atoms with E-state index in [4.69, 9.17) is 5.73 Å². The van der Waals surface area contributed by atoms with Gasteiger partial charge in [0.1, 0.15) is 0 Å². The van der Waals surface area contributed by atoms with Gasteiger partial charge in [0, 0.05) is 18.8 Å². The molecule has 0 saturated carbocycles. The summed E-state index contributed by atoms with van der Waals surface area (Å²) in [5, 5.41) is 0. The fourth-order valence-corrected chi connectivity index (χ4v) is 1.06. The minimum atomic E-state index is 0.730. The molecule has 0 atom stereocenters. The van der Waals surface area contributed by atoms with Crippen LogP contribution in [0.3, 0.4) is 0 Å². The Morgan fingerprint density at radius 3 is 2.90 bits per heavy atom. The molecule has 1 aliphatic rings. The molecule has 2 nitrogen and oxygen atoms in total. The molecule has 0 spiro atoms. The van der Waals surface area contributed by atoms with Gasteiger partial charge in [0.2, 0.25) is 0 Å². The van der Waals surface area contributed by atoms with Gasteiger partial charge in [0.05, 0.1) is 0 Å². The van der Waals surface area contributed by atoms with Crippen LogP contribution < -0.4 is 5.73 Å². The van der Waals surface area contributed by atoms with Crippen LogP contribution in [0, 0.1) is 0 Å². The van der Waals surface area contributed by atoms with E-state index >= 15 is 0 Å². The molecule has 1 rings (SSSR count). The molecule has 0 aliphatic carbocycles. The van der Waals surface area contributed by atoms with E-state index in [-0.39, 0.29) is 0 Å². The van der Waals surface area contributed by atoms with E-state index in [1.54, 1.807) is 0 Å². The van der Waals surface area contributed by atoms with Crippen molar-refractivity contribution in [1.82, 2.24) is 4.90 Å². The van der Waals surface area contributed by atoms with Crippen LogP contribution in [0.1, 0.15) is 6.42 Å². The second-order valence-electron chi connectivity index (χ2n) is 2.77. The summed E-state index contributed by atoms with van der Waals surface area (Å²) in [6.45, 7) is 5.80. The minimum absolute atomic E-state index is 0.730. The zero-order valence-corrected chi connectivity index (χ0v) is 6.43. The summed E-state index contributed by atoms with van der Waals surface area (Å²) in [4.78, 5) is 2.26. The Morgan fingerprint density at radius 1 is 1.80 bits per heavy atom. The first kappa shape index (κ1) is 7.35. The first-order chi connectivity index (χ1) is 4.70. The molecule has 2 heteroatoms. The van der Waals surface area contributed by atoms with E-state index in [1.807, 2.05) is 0 Å². The maximum absolute atomic E-state index is 5.53. The van der Waals surface area contributed by atoms with Crippen molar-refractivity contribution >= 4 is 0 Å². The lowest BCUT2D eigenvalue weighted by Gasteiger charge is -2.21. The van der Waals surface area contributed by atoms with Crippen molar-refractivity contribution in [2.75, 3.05) is 20.1 Å². The molecule has 0 radical (unpaired) electrons. The van der Waals surface area contributed by atoms with Crippen LogP contribution in [0.2, 0.25) is 0 Å².